The highest BCUT2D eigenvalue weighted by Crippen LogP contribution is 2.40. The van der Waals surface area contributed by atoms with Gasteiger partial charge >= 0.3 is 13.1 Å². The van der Waals surface area contributed by atoms with Crippen LogP contribution in [0.25, 0.3) is 0 Å². The summed E-state index contributed by atoms with van der Waals surface area (Å²) in [5.74, 6) is -1.40. The lowest BCUT2D eigenvalue weighted by molar-refractivity contribution is -0.121. The monoisotopic (exact) mass is 359 g/mol. The second-order valence-electron chi connectivity index (χ2n) is 4.99. The first kappa shape index (κ1) is 17.9. The van der Waals surface area contributed by atoms with E-state index in [1.54, 1.807) is 13.8 Å². The number of ether oxygens (including phenoxy) is 1. The largest absolute Gasteiger partial charge is 0.547 e. The minimum absolute atomic E-state index is 0.0931. The van der Waals surface area contributed by atoms with Crippen LogP contribution in [-0.2, 0) is 16.0 Å². The first-order valence-electron chi connectivity index (χ1n) is 7.21. The molecule has 124 valence electrons. The number of benzene rings is 1. The summed E-state index contributed by atoms with van der Waals surface area (Å²) in [4.78, 5) is 23.6. The lowest BCUT2D eigenvalue weighted by atomic mass is 9.72. The third-order valence-corrected chi connectivity index (χ3v) is 4.26. The van der Waals surface area contributed by atoms with Crippen LogP contribution in [-0.4, -0.2) is 36.6 Å². The van der Waals surface area contributed by atoms with Crippen molar-refractivity contribution in [1.82, 2.24) is 5.32 Å². The molecule has 2 N–H and O–H groups in total. The topological polar surface area (TPSA) is 84.9 Å². The van der Waals surface area contributed by atoms with Gasteiger partial charge in [-0.1, -0.05) is 30.1 Å². The third-order valence-electron chi connectivity index (χ3n) is 3.43. The summed E-state index contributed by atoms with van der Waals surface area (Å²) >= 11 is 12.3. The van der Waals surface area contributed by atoms with E-state index in [9.17, 15) is 14.6 Å². The molecule has 1 unspecified atom stereocenters. The third kappa shape index (κ3) is 3.73. The molecule has 1 aromatic rings. The predicted octanol–water partition coefficient (Wildman–Crippen LogP) is 2.02. The fourth-order valence-electron chi connectivity index (χ4n) is 2.29. The number of carbonyl (C=O) groups is 2. The van der Waals surface area contributed by atoms with Crippen molar-refractivity contribution in [3.8, 4) is 5.75 Å². The molecule has 0 bridgehead atoms. The molecular weight excluding hydrogens is 344 g/mol. The molecule has 2 rings (SSSR count). The molecule has 23 heavy (non-hydrogen) atoms. The average Bonchev–Trinajstić information content (AvgIpc) is 2.52. The van der Waals surface area contributed by atoms with Crippen molar-refractivity contribution < 1.29 is 24.0 Å². The summed E-state index contributed by atoms with van der Waals surface area (Å²) in [6.45, 7) is 3.56. The van der Waals surface area contributed by atoms with E-state index in [1.807, 2.05) is 0 Å². The van der Waals surface area contributed by atoms with Crippen LogP contribution in [0.3, 0.4) is 0 Å². The molecule has 0 spiro atoms. The summed E-state index contributed by atoms with van der Waals surface area (Å²) in [5, 5.41) is 13.1. The number of amides is 1. The standard InChI is InChI=1S/C14H16BCl2NO5/c1-3-11(19)18-10-6-7-12(17)9(16)5-8(14(20)22-4-2)13(7)23-15(10)21/h5,10,21H,3-4,6H2,1-2H3,(H,18,19). The van der Waals surface area contributed by atoms with Crippen molar-refractivity contribution in [2.24, 2.45) is 0 Å². The van der Waals surface area contributed by atoms with Crippen LogP contribution in [0, 0.1) is 0 Å². The minimum Gasteiger partial charge on any atom is -0.534 e. The highest BCUT2D eigenvalue weighted by Gasteiger charge is 2.39. The first-order chi connectivity index (χ1) is 10.9. The van der Waals surface area contributed by atoms with E-state index in [0.29, 0.717) is 5.56 Å². The Morgan fingerprint density at radius 3 is 2.78 bits per heavy atom. The zero-order valence-corrected chi connectivity index (χ0v) is 14.2. The Labute approximate surface area is 144 Å². The number of halogens is 2. The van der Waals surface area contributed by atoms with Gasteiger partial charge in [-0.2, -0.15) is 0 Å². The van der Waals surface area contributed by atoms with Crippen LogP contribution in [0.2, 0.25) is 10.0 Å². The van der Waals surface area contributed by atoms with Crippen molar-refractivity contribution >= 4 is 42.2 Å². The molecular formula is C14H16BCl2NO5. The van der Waals surface area contributed by atoms with E-state index in [1.165, 1.54) is 6.07 Å². The van der Waals surface area contributed by atoms with E-state index in [0.717, 1.165) is 0 Å². The summed E-state index contributed by atoms with van der Waals surface area (Å²) in [7, 11) is -1.30. The number of fused-ring (bicyclic) bond motifs is 1. The van der Waals surface area contributed by atoms with E-state index < -0.39 is 19.0 Å². The predicted molar refractivity (Wildman–Crippen MR) is 86.9 cm³/mol. The Balaban J connectivity index is 2.42. The Hall–Kier alpha value is -1.44. The van der Waals surface area contributed by atoms with Crippen LogP contribution in [0.15, 0.2) is 6.07 Å². The smallest absolute Gasteiger partial charge is 0.534 e. The molecule has 9 heteroatoms. The SMILES string of the molecule is CCOC(=O)c1cc(Cl)c(Cl)c2c1OB(O)C(NC(=O)CC)C2. The van der Waals surface area contributed by atoms with Crippen LogP contribution in [0.1, 0.15) is 36.2 Å². The second kappa shape index (κ2) is 7.42. The van der Waals surface area contributed by atoms with E-state index in [-0.39, 0.29) is 46.7 Å². The first-order valence-corrected chi connectivity index (χ1v) is 7.96. The zero-order chi connectivity index (χ0) is 17.1. The molecule has 0 aromatic heterocycles. The number of hydrogen-bond donors (Lipinski definition) is 2. The van der Waals surface area contributed by atoms with Gasteiger partial charge in [-0.15, -0.1) is 0 Å². The van der Waals surface area contributed by atoms with Gasteiger partial charge in [0.2, 0.25) is 5.91 Å². The van der Waals surface area contributed by atoms with Crippen LogP contribution in [0.4, 0.5) is 0 Å². The van der Waals surface area contributed by atoms with Gasteiger partial charge in [0.25, 0.3) is 0 Å². The lowest BCUT2D eigenvalue weighted by Crippen LogP contribution is -2.53. The average molecular weight is 360 g/mol. The van der Waals surface area contributed by atoms with Crippen molar-refractivity contribution in [2.45, 2.75) is 32.6 Å². The van der Waals surface area contributed by atoms with Gasteiger partial charge in [0, 0.05) is 12.0 Å². The van der Waals surface area contributed by atoms with Crippen molar-refractivity contribution in [3.05, 3.63) is 27.2 Å². The molecule has 0 fully saturated rings. The molecule has 0 aliphatic carbocycles. The lowest BCUT2D eigenvalue weighted by Gasteiger charge is -2.30. The summed E-state index contributed by atoms with van der Waals surface area (Å²) in [5.41, 5.74) is 0.546. The fraction of sp³-hybridized carbons (Fsp3) is 0.429. The summed E-state index contributed by atoms with van der Waals surface area (Å²) in [6.07, 6.45) is 0.460. The van der Waals surface area contributed by atoms with Crippen LogP contribution >= 0.6 is 23.2 Å². The van der Waals surface area contributed by atoms with Gasteiger partial charge in [-0.3, -0.25) is 4.79 Å². The number of rotatable bonds is 4. The molecule has 1 heterocycles. The summed E-state index contributed by atoms with van der Waals surface area (Å²) < 4.78 is 10.4. The van der Waals surface area contributed by atoms with Gasteiger partial charge in [-0.25, -0.2) is 4.79 Å². The van der Waals surface area contributed by atoms with Gasteiger partial charge in [0.1, 0.15) is 11.3 Å². The van der Waals surface area contributed by atoms with Gasteiger partial charge in [0.15, 0.2) is 0 Å². The number of carbonyl (C=O) groups excluding carboxylic acids is 2. The maximum atomic E-state index is 12.0. The normalized spacial score (nSPS) is 16.4. The molecule has 6 nitrogen and oxygen atoms in total. The zero-order valence-electron chi connectivity index (χ0n) is 12.7. The van der Waals surface area contributed by atoms with Crippen molar-refractivity contribution in [2.75, 3.05) is 6.61 Å². The van der Waals surface area contributed by atoms with Gasteiger partial charge in [-0.05, 0) is 19.4 Å². The maximum absolute atomic E-state index is 12.0. The number of nitrogens with one attached hydrogen (secondary N) is 1. The fourth-order valence-corrected chi connectivity index (χ4v) is 2.73. The molecule has 0 saturated heterocycles. The Kier molecular flexibility index (Phi) is 5.78. The van der Waals surface area contributed by atoms with E-state index in [2.05, 4.69) is 5.32 Å². The Morgan fingerprint density at radius 1 is 1.48 bits per heavy atom. The summed E-state index contributed by atoms with van der Waals surface area (Å²) in [6, 6.07) is 1.35. The Morgan fingerprint density at radius 2 is 2.17 bits per heavy atom. The van der Waals surface area contributed by atoms with Gasteiger partial charge < -0.3 is 19.7 Å². The Bertz CT molecular complexity index is 640. The molecule has 1 aliphatic heterocycles. The molecule has 1 amide bonds. The minimum atomic E-state index is -1.30. The van der Waals surface area contributed by atoms with Crippen molar-refractivity contribution in [1.29, 1.82) is 0 Å². The van der Waals surface area contributed by atoms with E-state index in [4.69, 9.17) is 32.6 Å². The number of esters is 1. The maximum Gasteiger partial charge on any atom is 0.547 e. The van der Waals surface area contributed by atoms with Crippen LogP contribution in [0.5, 0.6) is 5.75 Å². The van der Waals surface area contributed by atoms with Crippen LogP contribution < -0.4 is 9.97 Å². The molecule has 0 saturated carbocycles. The van der Waals surface area contributed by atoms with E-state index >= 15 is 0 Å². The molecule has 1 aromatic carbocycles. The molecule has 1 aliphatic rings. The number of hydrogen-bond acceptors (Lipinski definition) is 5. The van der Waals surface area contributed by atoms with Crippen molar-refractivity contribution in [3.63, 3.8) is 0 Å². The highest BCUT2D eigenvalue weighted by atomic mass is 35.5. The molecule has 1 atom stereocenters. The van der Waals surface area contributed by atoms with Gasteiger partial charge in [0.05, 0.1) is 22.6 Å². The second-order valence-corrected chi connectivity index (χ2v) is 5.77. The highest BCUT2D eigenvalue weighted by molar-refractivity contribution is 6.48. The molecule has 0 radical (unpaired) electrons. The quantitative estimate of drug-likeness (QED) is 0.634.